The van der Waals surface area contributed by atoms with E-state index in [2.05, 4.69) is 98.5 Å². The fourth-order valence-corrected chi connectivity index (χ4v) is 12.5. The molecule has 16 rings (SSSR count). The van der Waals surface area contributed by atoms with Crippen molar-refractivity contribution in [1.29, 1.82) is 0 Å². The number of aromatic nitrogens is 9. The van der Waals surface area contributed by atoms with Crippen LogP contribution >= 0.6 is 40.6 Å². The summed E-state index contributed by atoms with van der Waals surface area (Å²) in [6.45, 7) is 9.00. The SMILES string of the molecule is CC(C)COc1cc(-c2nc(CBr)co2)ccc1OC(F)F.CC(C)COc1cc(-c2nc(CN)co2)ccc1OC(F)F.CC(C)COc1cc(-c2nc(CN3C(=O)c4ccccc4C3=O)co2)ccc1OC(F)F.CO.Cc1cccnc1C(=O)CCc1coc(-c2ccc(OC(F)F)c(OCC(C)C)c2)n1.Cc1cccnc1C(=O)O.Cl.O=C1[N-]C(=O)c2ccccc21.On1nnc2ccccc21.[2H]CF.[CH-]=S.[K+].[W]. The molecule has 0 saturated heterocycles. The minimum atomic E-state index is -2.99. The molecular weight excluding hydrogens is 2250 g/mol. The van der Waals surface area contributed by atoms with E-state index in [-0.39, 0.29) is 191 Å². The minimum Gasteiger partial charge on any atom is -0.587 e. The third kappa shape index (κ3) is 39.7. The number of carbonyl (C=O) groups excluding carboxylic acids is 5. The number of rotatable bonds is 33. The summed E-state index contributed by atoms with van der Waals surface area (Å²) in [6.07, 6.45) is 9.50. The van der Waals surface area contributed by atoms with E-state index in [4.69, 9.17) is 59.1 Å². The van der Waals surface area contributed by atoms with Gasteiger partial charge in [-0.3, -0.25) is 28.7 Å². The number of para-hydroxylation sites is 1. The van der Waals surface area contributed by atoms with Gasteiger partial charge in [-0.15, -0.1) is 17.5 Å². The number of hydrogen-bond donors (Lipinski definition) is 4. The number of amides is 4. The van der Waals surface area contributed by atoms with Crippen LogP contribution in [0.4, 0.5) is 39.5 Å². The van der Waals surface area contributed by atoms with Gasteiger partial charge in [-0.1, -0.05) is 137 Å². The van der Waals surface area contributed by atoms with E-state index >= 15 is 0 Å². The fraction of sp³-hybridized carbons (Fsp3) is 0.290. The van der Waals surface area contributed by atoms with Crippen molar-refractivity contribution in [3.05, 3.63) is 280 Å². The van der Waals surface area contributed by atoms with E-state index in [0.29, 0.717) is 140 Å². The summed E-state index contributed by atoms with van der Waals surface area (Å²) in [5.74, 6) is 4.11. The van der Waals surface area contributed by atoms with Crippen LogP contribution in [0.15, 0.2) is 225 Å². The van der Waals surface area contributed by atoms with Gasteiger partial charge in [0.2, 0.25) is 23.6 Å². The van der Waals surface area contributed by atoms with Crippen molar-refractivity contribution in [3.8, 4) is 91.8 Å². The normalized spacial score (nSPS) is 11.2. The Morgan fingerprint density at radius 1 is 0.490 bits per heavy atom. The van der Waals surface area contributed by atoms with Crippen molar-refractivity contribution >= 4 is 92.8 Å². The van der Waals surface area contributed by atoms with Crippen LogP contribution in [0.5, 0.6) is 46.0 Å². The molecule has 0 saturated carbocycles. The number of carbonyl (C=O) groups is 6. The summed E-state index contributed by atoms with van der Waals surface area (Å²) < 4.78 is 178. The number of pyridine rings is 2. The van der Waals surface area contributed by atoms with Crippen molar-refractivity contribution in [2.45, 2.75) is 127 Å². The number of Topliss-reactive ketones (excluding diaryl/α,β-unsaturated/α-hetero) is 1. The molecule has 33 nitrogen and oxygen atoms in total. The number of aliphatic hydroxyl groups is 1. The van der Waals surface area contributed by atoms with Gasteiger partial charge >= 0.3 is 83.8 Å². The molecule has 7 aromatic heterocycles. The topological polar surface area (TPSA) is 441 Å². The van der Waals surface area contributed by atoms with E-state index in [0.717, 1.165) is 28.1 Å². The van der Waals surface area contributed by atoms with Crippen molar-refractivity contribution in [2.75, 3.05) is 40.7 Å². The maximum atomic E-state index is 12.7. The molecule has 0 unspecified atom stereocenters. The zero-order valence-electron chi connectivity index (χ0n) is 82.1. The molecule has 47 heteroatoms. The Morgan fingerprint density at radius 2 is 0.816 bits per heavy atom. The van der Waals surface area contributed by atoms with Crippen LogP contribution in [0.1, 0.15) is 159 Å². The van der Waals surface area contributed by atoms with Crippen LogP contribution in [-0.4, -0.2) is 174 Å². The van der Waals surface area contributed by atoms with Crippen LogP contribution in [0.3, 0.4) is 0 Å². The fourth-order valence-electron chi connectivity index (χ4n) is 12.2. The van der Waals surface area contributed by atoms with Crippen molar-refractivity contribution in [2.24, 2.45) is 29.4 Å². The maximum absolute atomic E-state index is 12.7. The number of aryl methyl sites for hydroxylation is 3. The Morgan fingerprint density at radius 3 is 1.14 bits per heavy atom. The zero-order chi connectivity index (χ0) is 107. The smallest absolute Gasteiger partial charge is 0.587 e. The van der Waals surface area contributed by atoms with Gasteiger partial charge in [0.15, 0.2) is 57.5 Å². The Balaban J connectivity index is 0.000000367. The standard InChI is InChI=1S/C23H20F2N2O5.C23H24F2N2O4.C15H16BrF2NO3.C15H18F2N2O3.C8H5NO2.C7H7NO2.C6H5N3O.CH3F.CH4O.CHS.ClH.K.W/c1-13(2)11-30-19-9-14(7-8-18(19)32-23(24)25)20-26-15(12-31-20)10-27-21(28)16-5-3-4-6-17(16)22(27)29;1-14(2)12-29-20-11-16(6-9-19(20)31-23(24)25)22-27-17(13-30-22)7-8-18(28)21-15(3)5-4-10-26-21;1-9(2)7-20-13-5-10(3-4-12(13)22-15(17)18)14-19-11(6-16)8-21-14;1-9(2)7-20-13-5-10(3-4-12(13)22-15(16)17)14-19-11(6-18)8-21-14;10-7-5-3-1-2-4-6(5)8(11)9-7;1-5-3-2-4-8-6(5)7(9)10;10-9-6-4-2-1-3-5(6)7-8-9;3*1-2;;;/h3-9,12-13,23H,10-11H2,1-2H3;4-6,9-11,13-14,23H,7-8,12H2,1-3H3;3-5,8-9,15H,6-7H2,1-2H3;3-5,8-9,15H,6-7,18H2,1-2H3;1-4H,(H,9,10,11);2-4H,1H3,(H,9,10);1-4,10H;1H3;2H,1H3;1H;1H;;/q;;;;;;;;;-1;;+1;/p-1/i;;;;;;;1D;;;;;. The van der Waals surface area contributed by atoms with Crippen LogP contribution in [-0.2, 0) is 45.9 Å². The number of alkyl halides is 10. The van der Waals surface area contributed by atoms with E-state index in [9.17, 15) is 68.3 Å². The van der Waals surface area contributed by atoms with Gasteiger partial charge in [-0.05, 0) is 163 Å². The summed E-state index contributed by atoms with van der Waals surface area (Å²) in [4.78, 5) is 96.5. The predicted octanol–water partition coefficient (Wildman–Crippen LogP) is 19.8. The number of halogens is 11. The number of thiocarbonyl (C=S) groups is 1. The number of nitrogens with two attached hydrogens (primary N) is 1. The second-order valence-corrected chi connectivity index (χ2v) is 32.0. The molecule has 780 valence electrons. The number of aromatic carboxylic acids is 1. The largest absolute Gasteiger partial charge is 1.00 e. The number of benzene rings is 7. The Bertz CT molecular complexity index is 6340. The minimum absolute atomic E-state index is 0. The second kappa shape index (κ2) is 65.0. The number of hydrogen-bond acceptors (Lipinski definition) is 30. The summed E-state index contributed by atoms with van der Waals surface area (Å²) in [5, 5.41) is 35.4. The predicted molar refractivity (Wildman–Crippen MR) is 524 cm³/mol. The summed E-state index contributed by atoms with van der Waals surface area (Å²) in [7, 11) is 0. The van der Waals surface area contributed by atoms with E-state index in [1.165, 1.54) is 67.6 Å². The molecule has 2 aliphatic rings. The molecule has 5 N–H and O–H groups in total. The number of imide groups is 2. The Kier molecular flexibility index (Phi) is 55.1. The van der Waals surface area contributed by atoms with Gasteiger partial charge in [0, 0.05) is 98.7 Å². The number of carboxylic acid groups (broad SMARTS) is 1. The number of carboxylic acids is 1. The zero-order valence-corrected chi connectivity index (χ0v) is 90.4. The number of aliphatic hydroxyl groups excluding tert-OH is 1. The van der Waals surface area contributed by atoms with E-state index < -0.39 is 63.2 Å². The molecule has 147 heavy (non-hydrogen) atoms. The van der Waals surface area contributed by atoms with Crippen LogP contribution in [0.2, 0.25) is 0 Å². The Labute approximate surface area is 917 Å². The third-order valence-corrected chi connectivity index (χ3v) is 19.3. The van der Waals surface area contributed by atoms with Crippen LogP contribution in [0, 0.1) is 37.5 Å². The number of ketones is 1. The monoisotopic (exact) mass is 2350 g/mol. The van der Waals surface area contributed by atoms with Crippen LogP contribution < -0.4 is 95.0 Å². The third-order valence-electron chi connectivity index (χ3n) is 18.7. The van der Waals surface area contributed by atoms with Gasteiger partial charge in [-0.2, -0.15) is 35.1 Å². The van der Waals surface area contributed by atoms with Crippen molar-refractivity contribution < 1.29 is 213 Å². The number of nitrogens with zero attached hydrogens (tertiary/aromatic N) is 11. The molecule has 14 aromatic rings. The average Bonchev–Trinajstić information content (AvgIpc) is 1.63. The number of ether oxygens (including phenoxy) is 8. The van der Waals surface area contributed by atoms with Crippen molar-refractivity contribution in [3.63, 3.8) is 0 Å². The molecule has 0 fully saturated rings. The number of fused-ring (bicyclic) bond motifs is 3. The molecule has 0 bridgehead atoms. The molecule has 0 spiro atoms. The Hall–Kier alpha value is -12.8. The summed E-state index contributed by atoms with van der Waals surface area (Å²) in [5.41, 5.74) is 15.0. The first-order valence-electron chi connectivity index (χ1n) is 44.0. The molecule has 2 aliphatic heterocycles. The molecule has 0 atom stereocenters. The molecule has 7 aromatic carbocycles. The van der Waals surface area contributed by atoms with Crippen LogP contribution in [0.25, 0.3) is 62.2 Å². The molecule has 0 aliphatic carbocycles. The first-order chi connectivity index (χ1) is 69.4. The van der Waals surface area contributed by atoms with E-state index in [1.54, 1.807) is 128 Å². The quantitative estimate of drug-likeness (QED) is 0.00434. The molecule has 4 amide bonds. The average molecular weight is 2350 g/mol. The summed E-state index contributed by atoms with van der Waals surface area (Å²) in [6, 6.07) is 45.5. The van der Waals surface area contributed by atoms with Crippen molar-refractivity contribution in [1.82, 2.24) is 50.0 Å². The first-order valence-corrected chi connectivity index (χ1v) is 44.9. The van der Waals surface area contributed by atoms with Gasteiger partial charge in [0.25, 0.3) is 11.8 Å². The molecule has 9 heterocycles. The van der Waals surface area contributed by atoms with Gasteiger partial charge in [0.1, 0.15) is 41.8 Å². The van der Waals surface area contributed by atoms with Gasteiger partial charge in [-0.25, -0.2) is 29.7 Å². The van der Waals surface area contributed by atoms with Gasteiger partial charge < -0.3 is 110 Å². The summed E-state index contributed by atoms with van der Waals surface area (Å²) >= 11 is 6.87. The van der Waals surface area contributed by atoms with E-state index in [1.807, 2.05) is 80.5 Å². The maximum Gasteiger partial charge on any atom is 1.00 e. The first kappa shape index (κ1) is 125. The molecule has 0 radical (unpaired) electrons. The second-order valence-electron chi connectivity index (χ2n) is 31.4. The van der Waals surface area contributed by atoms with Gasteiger partial charge in [0.05, 0.1) is 87.2 Å². The number of oxazole rings is 4. The molecular formula is C100H103BrClF9KN12O21SW-.